The molecule has 1 atom stereocenters. The summed E-state index contributed by atoms with van der Waals surface area (Å²) in [6.07, 6.45) is 3.38. The van der Waals surface area contributed by atoms with Crippen molar-refractivity contribution in [3.63, 3.8) is 0 Å². The van der Waals surface area contributed by atoms with Crippen LogP contribution in [0.3, 0.4) is 0 Å². The van der Waals surface area contributed by atoms with E-state index in [9.17, 15) is 4.79 Å². The molecule has 0 saturated carbocycles. The first-order valence-electron chi connectivity index (χ1n) is 7.90. The van der Waals surface area contributed by atoms with E-state index in [1.807, 2.05) is 44.2 Å². The fourth-order valence-electron chi connectivity index (χ4n) is 2.11. The van der Waals surface area contributed by atoms with Gasteiger partial charge >= 0.3 is 5.97 Å². The summed E-state index contributed by atoms with van der Waals surface area (Å²) in [7, 11) is 0. The van der Waals surface area contributed by atoms with Crippen molar-refractivity contribution in [1.82, 2.24) is 4.98 Å². The van der Waals surface area contributed by atoms with Crippen molar-refractivity contribution in [2.45, 2.75) is 46.6 Å². The van der Waals surface area contributed by atoms with E-state index in [1.54, 1.807) is 6.20 Å². The summed E-state index contributed by atoms with van der Waals surface area (Å²) in [4.78, 5) is 15.0. The molecule has 0 spiro atoms. The molecule has 2 aromatic rings. The lowest BCUT2D eigenvalue weighted by atomic mass is 9.98. The Labute approximate surface area is 143 Å². The van der Waals surface area contributed by atoms with Crippen LogP contribution in [0.15, 0.2) is 36.5 Å². The van der Waals surface area contributed by atoms with Gasteiger partial charge in [-0.05, 0) is 48.6 Å². The average molecular weight is 332 g/mol. The molecule has 0 bridgehead atoms. The summed E-state index contributed by atoms with van der Waals surface area (Å²) in [5.74, 6) is -0.977. The molecule has 0 aliphatic carbocycles. The van der Waals surface area contributed by atoms with Gasteiger partial charge in [0.1, 0.15) is 6.04 Å². The highest BCUT2D eigenvalue weighted by Crippen LogP contribution is 2.24. The molecule has 0 fully saturated rings. The van der Waals surface area contributed by atoms with Crippen LogP contribution in [-0.4, -0.2) is 27.6 Å². The molecule has 5 heteroatoms. The van der Waals surface area contributed by atoms with Crippen LogP contribution in [-0.2, 0) is 11.2 Å². The second kappa shape index (κ2) is 10.5. The van der Waals surface area contributed by atoms with Gasteiger partial charge in [-0.1, -0.05) is 44.5 Å². The van der Waals surface area contributed by atoms with Crippen LogP contribution >= 0.6 is 0 Å². The lowest BCUT2D eigenvalue weighted by Crippen LogP contribution is -2.32. The topological polar surface area (TPSA) is 108 Å². The molecule has 1 aromatic heterocycles. The maximum absolute atomic E-state index is 10.7. The van der Waals surface area contributed by atoms with Crippen molar-refractivity contribution >= 4 is 5.97 Å². The molecule has 0 aliphatic rings. The third kappa shape index (κ3) is 6.10. The third-order valence-corrected chi connectivity index (χ3v) is 3.49. The number of aryl methyl sites for hydroxylation is 1. The third-order valence-electron chi connectivity index (χ3n) is 3.49. The summed E-state index contributed by atoms with van der Waals surface area (Å²) < 4.78 is 0. The first-order valence-corrected chi connectivity index (χ1v) is 7.90. The van der Waals surface area contributed by atoms with Crippen molar-refractivity contribution in [3.05, 3.63) is 53.3 Å². The van der Waals surface area contributed by atoms with E-state index in [1.165, 1.54) is 6.42 Å². The molecule has 24 heavy (non-hydrogen) atoms. The maximum atomic E-state index is 10.7. The number of nitrogens with two attached hydrogens (primary N) is 1. The highest BCUT2D eigenvalue weighted by atomic mass is 16.4. The number of carboxylic acid groups (broad SMARTS) is 1. The number of aromatic nitrogens is 1. The zero-order valence-electron chi connectivity index (χ0n) is 14.8. The SMILES string of the molecule is CCC.Cc1nccc(-c2ccc(C[C@H](N)C(=O)O)cc2)c1C.O. The van der Waals surface area contributed by atoms with Crippen molar-refractivity contribution < 1.29 is 15.4 Å². The molecule has 2 rings (SSSR count). The summed E-state index contributed by atoms with van der Waals surface area (Å²) in [6.45, 7) is 8.28. The van der Waals surface area contributed by atoms with Crippen molar-refractivity contribution in [3.8, 4) is 11.1 Å². The maximum Gasteiger partial charge on any atom is 0.320 e. The fourth-order valence-corrected chi connectivity index (χ4v) is 2.11. The molecule has 0 unspecified atom stereocenters. The Morgan fingerprint density at radius 2 is 1.71 bits per heavy atom. The number of rotatable bonds is 4. The van der Waals surface area contributed by atoms with Crippen LogP contribution < -0.4 is 5.73 Å². The van der Waals surface area contributed by atoms with E-state index in [-0.39, 0.29) is 5.48 Å². The van der Waals surface area contributed by atoms with Gasteiger partial charge in [0.2, 0.25) is 0 Å². The van der Waals surface area contributed by atoms with E-state index >= 15 is 0 Å². The normalized spacial score (nSPS) is 10.9. The molecule has 0 amide bonds. The minimum Gasteiger partial charge on any atom is -0.480 e. The first kappa shape index (κ1) is 21.8. The number of carbonyl (C=O) groups is 1. The van der Waals surface area contributed by atoms with Gasteiger partial charge < -0.3 is 16.3 Å². The van der Waals surface area contributed by atoms with Crippen LogP contribution in [0.1, 0.15) is 37.1 Å². The molecule has 0 radical (unpaired) electrons. The largest absolute Gasteiger partial charge is 0.480 e. The summed E-state index contributed by atoms with van der Waals surface area (Å²) in [5.41, 5.74) is 10.9. The molecular weight excluding hydrogens is 304 g/mol. The lowest BCUT2D eigenvalue weighted by Gasteiger charge is -2.10. The zero-order chi connectivity index (χ0) is 17.4. The molecule has 5 nitrogen and oxygen atoms in total. The van der Waals surface area contributed by atoms with Crippen molar-refractivity contribution in [2.75, 3.05) is 0 Å². The predicted octanol–water partition coefficient (Wildman–Crippen LogP) is 2.91. The molecule has 0 saturated heterocycles. The van der Waals surface area contributed by atoms with Gasteiger partial charge in [0.05, 0.1) is 0 Å². The number of carboxylic acids is 1. The molecule has 5 N–H and O–H groups in total. The molecule has 132 valence electrons. The number of aliphatic carboxylic acids is 1. The van der Waals surface area contributed by atoms with E-state index in [0.717, 1.165) is 27.9 Å². The lowest BCUT2D eigenvalue weighted by molar-refractivity contribution is -0.138. The molecule has 0 aliphatic heterocycles. The highest BCUT2D eigenvalue weighted by Gasteiger charge is 2.12. The second-order valence-electron chi connectivity index (χ2n) is 5.62. The average Bonchev–Trinajstić information content (AvgIpc) is 2.51. The Bertz CT molecular complexity index is 640. The standard InChI is InChI=1S/C16H18N2O2.C3H8.H2O/c1-10-11(2)18-8-7-14(10)13-5-3-12(4-6-13)9-15(17)16(19)20;1-3-2;/h3-8,15H,9,17H2,1-2H3,(H,19,20);3H2,1-2H3;1H2/t15-;;/m0../s1. The number of benzene rings is 1. The minimum atomic E-state index is -0.977. The van der Waals surface area contributed by atoms with Gasteiger partial charge in [0, 0.05) is 11.9 Å². The number of hydrogen-bond donors (Lipinski definition) is 2. The van der Waals surface area contributed by atoms with E-state index < -0.39 is 12.0 Å². The Morgan fingerprint density at radius 3 is 2.21 bits per heavy atom. The summed E-state index contributed by atoms with van der Waals surface area (Å²) in [6, 6.07) is 8.96. The van der Waals surface area contributed by atoms with Gasteiger partial charge in [0.15, 0.2) is 0 Å². The number of nitrogens with zero attached hydrogens (tertiary/aromatic N) is 1. The number of hydrogen-bond acceptors (Lipinski definition) is 3. The van der Waals surface area contributed by atoms with Gasteiger partial charge in [-0.2, -0.15) is 0 Å². The number of pyridine rings is 1. The first-order chi connectivity index (χ1) is 10.9. The second-order valence-corrected chi connectivity index (χ2v) is 5.62. The van der Waals surface area contributed by atoms with Gasteiger partial charge in [-0.3, -0.25) is 9.78 Å². The fraction of sp³-hybridized carbons (Fsp3) is 0.368. The predicted molar refractivity (Wildman–Crippen MR) is 98.0 cm³/mol. The Hall–Kier alpha value is -2.24. The molecular formula is C19H28N2O3. The highest BCUT2D eigenvalue weighted by molar-refractivity contribution is 5.73. The molecule has 1 heterocycles. The van der Waals surface area contributed by atoms with Crippen LogP contribution in [0.2, 0.25) is 0 Å². The summed E-state index contributed by atoms with van der Waals surface area (Å²) >= 11 is 0. The van der Waals surface area contributed by atoms with Crippen molar-refractivity contribution in [2.24, 2.45) is 5.73 Å². The smallest absolute Gasteiger partial charge is 0.320 e. The summed E-state index contributed by atoms with van der Waals surface area (Å²) in [5, 5.41) is 8.81. The van der Waals surface area contributed by atoms with Gasteiger partial charge in [0.25, 0.3) is 0 Å². The van der Waals surface area contributed by atoms with E-state index in [2.05, 4.69) is 18.8 Å². The van der Waals surface area contributed by atoms with E-state index in [4.69, 9.17) is 10.8 Å². The molecule has 1 aromatic carbocycles. The van der Waals surface area contributed by atoms with Crippen LogP contribution in [0.5, 0.6) is 0 Å². The van der Waals surface area contributed by atoms with Crippen LogP contribution in [0, 0.1) is 13.8 Å². The van der Waals surface area contributed by atoms with E-state index in [0.29, 0.717) is 6.42 Å². The van der Waals surface area contributed by atoms with Crippen LogP contribution in [0.25, 0.3) is 11.1 Å². The van der Waals surface area contributed by atoms with Gasteiger partial charge in [-0.25, -0.2) is 0 Å². The zero-order valence-corrected chi connectivity index (χ0v) is 14.8. The Morgan fingerprint density at radius 1 is 1.17 bits per heavy atom. The van der Waals surface area contributed by atoms with Crippen LogP contribution in [0.4, 0.5) is 0 Å². The Balaban J connectivity index is 0.00000123. The minimum absolute atomic E-state index is 0. The van der Waals surface area contributed by atoms with Gasteiger partial charge in [-0.15, -0.1) is 0 Å². The van der Waals surface area contributed by atoms with Crippen molar-refractivity contribution in [1.29, 1.82) is 0 Å². The quantitative estimate of drug-likeness (QED) is 0.897. The Kier molecular flexibility index (Phi) is 9.54. The monoisotopic (exact) mass is 332 g/mol.